The van der Waals surface area contributed by atoms with E-state index in [2.05, 4.69) is 13.8 Å². The molecule has 2 aromatic rings. The number of hydrogen-bond donors (Lipinski definition) is 1. The summed E-state index contributed by atoms with van der Waals surface area (Å²) in [5.41, 5.74) is 1.85. The van der Waals surface area contributed by atoms with Crippen molar-refractivity contribution in [2.45, 2.75) is 26.8 Å². The standard InChI is InChI=1S/C12H14ClNO/c1-7(2)14-11-9(8(3)12(14)13)5-4-6-10(11)15/h4-7,15H,1-3H3. The third kappa shape index (κ3) is 1.40. The number of fused-ring (bicyclic) bond motifs is 1. The Labute approximate surface area is 94.1 Å². The first-order valence-corrected chi connectivity index (χ1v) is 5.39. The lowest BCUT2D eigenvalue weighted by Gasteiger charge is -2.11. The largest absolute Gasteiger partial charge is 0.506 e. The Morgan fingerprint density at radius 1 is 1.33 bits per heavy atom. The molecule has 0 saturated heterocycles. The number of phenols is 1. The molecule has 15 heavy (non-hydrogen) atoms. The van der Waals surface area contributed by atoms with Crippen molar-refractivity contribution in [2.75, 3.05) is 0 Å². The second-order valence-electron chi connectivity index (χ2n) is 4.05. The minimum atomic E-state index is 0.238. The smallest absolute Gasteiger partial charge is 0.139 e. The zero-order valence-corrected chi connectivity index (χ0v) is 9.84. The third-order valence-corrected chi connectivity index (χ3v) is 3.16. The molecule has 0 bridgehead atoms. The zero-order chi connectivity index (χ0) is 11.2. The quantitative estimate of drug-likeness (QED) is 0.780. The van der Waals surface area contributed by atoms with Crippen molar-refractivity contribution >= 4 is 22.5 Å². The van der Waals surface area contributed by atoms with Crippen molar-refractivity contribution in [1.82, 2.24) is 4.57 Å². The van der Waals surface area contributed by atoms with Crippen LogP contribution in [-0.2, 0) is 0 Å². The van der Waals surface area contributed by atoms with E-state index in [0.29, 0.717) is 5.15 Å². The molecule has 0 aliphatic carbocycles. The number of nitrogens with zero attached hydrogens (tertiary/aromatic N) is 1. The van der Waals surface area contributed by atoms with Crippen LogP contribution < -0.4 is 0 Å². The van der Waals surface area contributed by atoms with Gasteiger partial charge in [-0.1, -0.05) is 23.7 Å². The van der Waals surface area contributed by atoms with Crippen LogP contribution in [0.5, 0.6) is 5.75 Å². The monoisotopic (exact) mass is 223 g/mol. The van der Waals surface area contributed by atoms with Gasteiger partial charge in [-0.25, -0.2) is 0 Å². The van der Waals surface area contributed by atoms with Crippen molar-refractivity contribution in [1.29, 1.82) is 0 Å². The molecular weight excluding hydrogens is 210 g/mol. The van der Waals surface area contributed by atoms with E-state index in [1.54, 1.807) is 6.07 Å². The summed E-state index contributed by atoms with van der Waals surface area (Å²) in [6.07, 6.45) is 0. The van der Waals surface area contributed by atoms with Crippen LogP contribution in [0.1, 0.15) is 25.5 Å². The van der Waals surface area contributed by atoms with Gasteiger partial charge in [0.15, 0.2) is 0 Å². The van der Waals surface area contributed by atoms with Gasteiger partial charge in [-0.05, 0) is 32.4 Å². The summed E-state index contributed by atoms with van der Waals surface area (Å²) in [7, 11) is 0. The topological polar surface area (TPSA) is 25.2 Å². The highest BCUT2D eigenvalue weighted by molar-refractivity contribution is 6.32. The van der Waals surface area contributed by atoms with Gasteiger partial charge in [-0.2, -0.15) is 0 Å². The molecule has 2 nitrogen and oxygen atoms in total. The Morgan fingerprint density at radius 3 is 2.60 bits per heavy atom. The number of hydrogen-bond acceptors (Lipinski definition) is 1. The van der Waals surface area contributed by atoms with Crippen LogP contribution in [-0.4, -0.2) is 9.67 Å². The molecule has 2 rings (SSSR count). The molecule has 0 radical (unpaired) electrons. The van der Waals surface area contributed by atoms with Gasteiger partial charge in [-0.3, -0.25) is 0 Å². The summed E-state index contributed by atoms with van der Waals surface area (Å²) < 4.78 is 1.96. The van der Waals surface area contributed by atoms with E-state index in [4.69, 9.17) is 11.6 Å². The van der Waals surface area contributed by atoms with Crippen LogP contribution in [0.25, 0.3) is 10.9 Å². The van der Waals surface area contributed by atoms with Crippen LogP contribution in [0.3, 0.4) is 0 Å². The summed E-state index contributed by atoms with van der Waals surface area (Å²) in [5, 5.41) is 11.6. The molecule has 0 unspecified atom stereocenters. The maximum atomic E-state index is 9.86. The first kappa shape index (κ1) is 10.4. The predicted molar refractivity (Wildman–Crippen MR) is 63.7 cm³/mol. The summed E-state index contributed by atoms with van der Waals surface area (Å²) in [5.74, 6) is 0.288. The van der Waals surface area contributed by atoms with Crippen LogP contribution in [0, 0.1) is 6.92 Å². The highest BCUT2D eigenvalue weighted by Crippen LogP contribution is 2.36. The third-order valence-electron chi connectivity index (χ3n) is 2.70. The van der Waals surface area contributed by atoms with E-state index >= 15 is 0 Å². The number of para-hydroxylation sites is 1. The summed E-state index contributed by atoms with van der Waals surface area (Å²) in [6, 6.07) is 5.75. The van der Waals surface area contributed by atoms with Gasteiger partial charge in [-0.15, -0.1) is 0 Å². The second-order valence-corrected chi connectivity index (χ2v) is 4.41. The Bertz CT molecular complexity index is 514. The maximum absolute atomic E-state index is 9.86. The van der Waals surface area contributed by atoms with Crippen molar-refractivity contribution < 1.29 is 5.11 Å². The molecule has 0 amide bonds. The van der Waals surface area contributed by atoms with Gasteiger partial charge in [0.2, 0.25) is 0 Å². The maximum Gasteiger partial charge on any atom is 0.139 e. The molecule has 0 saturated carbocycles. The SMILES string of the molecule is Cc1c(Cl)n(C(C)C)c2c(O)cccc12. The average molecular weight is 224 g/mol. The minimum Gasteiger partial charge on any atom is -0.506 e. The Kier molecular flexibility index (Phi) is 2.39. The zero-order valence-electron chi connectivity index (χ0n) is 9.08. The van der Waals surface area contributed by atoms with Crippen LogP contribution in [0.4, 0.5) is 0 Å². The van der Waals surface area contributed by atoms with Crippen molar-refractivity contribution in [2.24, 2.45) is 0 Å². The number of rotatable bonds is 1. The lowest BCUT2D eigenvalue weighted by molar-refractivity contribution is 0.475. The first-order chi connectivity index (χ1) is 7.04. The van der Waals surface area contributed by atoms with Crippen molar-refractivity contribution in [3.05, 3.63) is 28.9 Å². The summed E-state index contributed by atoms with van der Waals surface area (Å²) >= 11 is 6.26. The first-order valence-electron chi connectivity index (χ1n) is 5.02. The summed E-state index contributed by atoms with van der Waals surface area (Å²) in [4.78, 5) is 0. The van der Waals surface area contributed by atoms with E-state index in [-0.39, 0.29) is 11.8 Å². The van der Waals surface area contributed by atoms with E-state index in [1.165, 1.54) is 0 Å². The molecular formula is C12H14ClNO. The molecule has 80 valence electrons. The Morgan fingerprint density at radius 2 is 2.00 bits per heavy atom. The minimum absolute atomic E-state index is 0.238. The lowest BCUT2D eigenvalue weighted by Crippen LogP contribution is -2.00. The molecule has 1 heterocycles. The number of phenolic OH excluding ortho intramolecular Hbond substituents is 1. The fourth-order valence-electron chi connectivity index (χ4n) is 1.96. The number of aryl methyl sites for hydroxylation is 1. The number of aromatic hydroxyl groups is 1. The van der Waals surface area contributed by atoms with Crippen LogP contribution in [0.2, 0.25) is 5.15 Å². The van der Waals surface area contributed by atoms with Gasteiger partial charge < -0.3 is 9.67 Å². The number of benzene rings is 1. The normalized spacial score (nSPS) is 11.5. The van der Waals surface area contributed by atoms with Gasteiger partial charge >= 0.3 is 0 Å². The average Bonchev–Trinajstić information content (AvgIpc) is 2.43. The number of halogens is 1. The lowest BCUT2D eigenvalue weighted by atomic mass is 10.2. The van der Waals surface area contributed by atoms with Gasteiger partial charge in [0.25, 0.3) is 0 Å². The molecule has 1 N–H and O–H groups in total. The molecule has 1 aromatic heterocycles. The molecule has 0 atom stereocenters. The van der Waals surface area contributed by atoms with Crippen molar-refractivity contribution in [3.8, 4) is 5.75 Å². The van der Waals surface area contributed by atoms with E-state index in [9.17, 15) is 5.11 Å². The highest BCUT2D eigenvalue weighted by atomic mass is 35.5. The van der Waals surface area contributed by atoms with E-state index < -0.39 is 0 Å². The van der Waals surface area contributed by atoms with Crippen LogP contribution >= 0.6 is 11.6 Å². The predicted octanol–water partition coefficient (Wildman–Crippen LogP) is 3.89. The van der Waals surface area contributed by atoms with Crippen molar-refractivity contribution in [3.63, 3.8) is 0 Å². The Hall–Kier alpha value is -1.15. The van der Waals surface area contributed by atoms with E-state index in [0.717, 1.165) is 16.5 Å². The number of aromatic nitrogens is 1. The molecule has 0 aliphatic heterocycles. The molecule has 0 aliphatic rings. The molecule has 0 spiro atoms. The molecule has 1 aromatic carbocycles. The van der Waals surface area contributed by atoms with Gasteiger partial charge in [0.05, 0.1) is 5.52 Å². The second kappa shape index (κ2) is 3.46. The summed E-state index contributed by atoms with van der Waals surface area (Å²) in [6.45, 7) is 6.08. The highest BCUT2D eigenvalue weighted by Gasteiger charge is 2.16. The van der Waals surface area contributed by atoms with E-state index in [1.807, 2.05) is 23.6 Å². The van der Waals surface area contributed by atoms with Gasteiger partial charge in [0, 0.05) is 11.4 Å². The fraction of sp³-hybridized carbons (Fsp3) is 0.333. The molecule has 0 fully saturated rings. The van der Waals surface area contributed by atoms with Crippen LogP contribution in [0.15, 0.2) is 18.2 Å². The Balaban J connectivity index is 2.95. The molecule has 3 heteroatoms. The van der Waals surface area contributed by atoms with Gasteiger partial charge in [0.1, 0.15) is 10.9 Å². The fourth-order valence-corrected chi connectivity index (χ4v) is 2.34.